The van der Waals surface area contributed by atoms with Gasteiger partial charge in [-0.3, -0.25) is 24.3 Å². The molecule has 172 valence electrons. The Morgan fingerprint density at radius 3 is 2.21 bits per heavy atom. The highest BCUT2D eigenvalue weighted by atomic mass is 19.3. The molecule has 0 radical (unpaired) electrons. The van der Waals surface area contributed by atoms with Crippen LogP contribution < -0.4 is 16.1 Å². The second-order valence-corrected chi connectivity index (χ2v) is 7.13. The normalized spacial score (nSPS) is 12.8. The van der Waals surface area contributed by atoms with Crippen molar-refractivity contribution in [2.24, 2.45) is 7.05 Å². The fourth-order valence-corrected chi connectivity index (χ4v) is 2.80. The zero-order valence-corrected chi connectivity index (χ0v) is 17.9. The van der Waals surface area contributed by atoms with Gasteiger partial charge in [-0.2, -0.15) is 5.10 Å². The number of aromatic nitrogens is 2. The van der Waals surface area contributed by atoms with Gasteiger partial charge in [0.1, 0.15) is 11.6 Å². The number of rotatable bonds is 6. The highest BCUT2D eigenvalue weighted by Crippen LogP contribution is 2.21. The van der Waals surface area contributed by atoms with Crippen LogP contribution in [0.1, 0.15) is 35.3 Å². The molecular formula is C22H21F2N5O4. The van der Waals surface area contributed by atoms with E-state index in [2.05, 4.69) is 34.1 Å². The predicted octanol–water partition coefficient (Wildman–Crippen LogP) is 0.587. The van der Waals surface area contributed by atoms with Crippen LogP contribution in [-0.2, 0) is 16.6 Å². The van der Waals surface area contributed by atoms with Crippen LogP contribution in [0.5, 0.6) is 0 Å². The van der Waals surface area contributed by atoms with Crippen LogP contribution in [0.15, 0.2) is 36.7 Å². The van der Waals surface area contributed by atoms with Crippen molar-refractivity contribution in [2.45, 2.75) is 31.9 Å². The van der Waals surface area contributed by atoms with E-state index in [-0.39, 0.29) is 5.56 Å². The lowest BCUT2D eigenvalue weighted by atomic mass is 9.91. The molecule has 1 aromatic carbocycles. The molecule has 33 heavy (non-hydrogen) atoms. The Balaban J connectivity index is 2.17. The lowest BCUT2D eigenvalue weighted by Gasteiger charge is -2.36. The number of alkyl halides is 2. The lowest BCUT2D eigenvalue weighted by molar-refractivity contribution is -0.137. The molecule has 11 heteroatoms. The van der Waals surface area contributed by atoms with Gasteiger partial charge in [-0.25, -0.2) is 14.3 Å². The van der Waals surface area contributed by atoms with Crippen LogP contribution in [0.3, 0.4) is 0 Å². The molecule has 2 atom stereocenters. The molecule has 0 spiro atoms. The highest BCUT2D eigenvalue weighted by Gasteiger charge is 2.48. The molecule has 0 saturated carbocycles. The molecule has 0 aliphatic rings. The van der Waals surface area contributed by atoms with Crippen molar-refractivity contribution in [3.8, 4) is 23.7 Å². The summed E-state index contributed by atoms with van der Waals surface area (Å²) >= 11 is 0. The minimum absolute atomic E-state index is 0.0391. The van der Waals surface area contributed by atoms with Gasteiger partial charge in [-0.1, -0.05) is 5.92 Å². The van der Waals surface area contributed by atoms with Gasteiger partial charge in [0.2, 0.25) is 5.91 Å². The summed E-state index contributed by atoms with van der Waals surface area (Å²) in [5, 5.41) is 17.0. The third-order valence-electron chi connectivity index (χ3n) is 4.47. The minimum Gasteiger partial charge on any atom is -0.343 e. The van der Waals surface area contributed by atoms with E-state index in [0.29, 0.717) is 11.1 Å². The van der Waals surface area contributed by atoms with E-state index in [0.717, 1.165) is 13.8 Å². The van der Waals surface area contributed by atoms with E-state index in [9.17, 15) is 23.2 Å². The Hall–Kier alpha value is -4.22. The molecule has 0 bridgehead atoms. The smallest absolute Gasteiger partial charge is 0.268 e. The predicted molar refractivity (Wildman–Crippen MR) is 113 cm³/mol. The van der Waals surface area contributed by atoms with Crippen LogP contribution >= 0.6 is 0 Å². The molecule has 1 aromatic heterocycles. The van der Waals surface area contributed by atoms with Gasteiger partial charge >= 0.3 is 0 Å². The average Bonchev–Trinajstić information content (AvgIpc) is 3.19. The molecule has 9 nitrogen and oxygen atoms in total. The number of hydroxylamine groups is 1. The van der Waals surface area contributed by atoms with Crippen LogP contribution in [0.25, 0.3) is 0 Å². The van der Waals surface area contributed by atoms with Gasteiger partial charge in [0, 0.05) is 31.3 Å². The van der Waals surface area contributed by atoms with Crippen molar-refractivity contribution in [3.63, 3.8) is 0 Å². The Kier molecular flexibility index (Phi) is 8.26. The summed E-state index contributed by atoms with van der Waals surface area (Å²) in [6.45, 7) is 1.86. The van der Waals surface area contributed by atoms with E-state index in [1.807, 2.05) is 5.32 Å². The van der Waals surface area contributed by atoms with Gasteiger partial charge < -0.3 is 10.6 Å². The largest absolute Gasteiger partial charge is 0.343 e. The van der Waals surface area contributed by atoms with Crippen LogP contribution in [-0.4, -0.2) is 50.7 Å². The Morgan fingerprint density at radius 1 is 1.12 bits per heavy atom. The number of carbonyl (C=O) groups is 3. The van der Waals surface area contributed by atoms with E-state index in [1.54, 1.807) is 24.1 Å². The van der Waals surface area contributed by atoms with E-state index < -0.39 is 35.7 Å². The van der Waals surface area contributed by atoms with Crippen molar-refractivity contribution >= 4 is 17.7 Å². The van der Waals surface area contributed by atoms with Crippen LogP contribution in [0.2, 0.25) is 0 Å². The zero-order valence-electron chi connectivity index (χ0n) is 17.9. The van der Waals surface area contributed by atoms with E-state index in [4.69, 9.17) is 5.21 Å². The number of hydrogen-bond acceptors (Lipinski definition) is 5. The molecule has 1 heterocycles. The van der Waals surface area contributed by atoms with Crippen LogP contribution in [0, 0.1) is 23.7 Å². The lowest BCUT2D eigenvalue weighted by Crippen LogP contribution is -2.68. The second-order valence-electron chi connectivity index (χ2n) is 7.13. The molecule has 0 fully saturated rings. The quantitative estimate of drug-likeness (QED) is 0.287. The van der Waals surface area contributed by atoms with E-state index >= 15 is 0 Å². The molecule has 2 aromatic rings. The maximum absolute atomic E-state index is 13.7. The Bertz CT molecular complexity index is 1160. The Morgan fingerprint density at radius 2 is 1.73 bits per heavy atom. The first-order chi connectivity index (χ1) is 15.6. The number of carbonyl (C=O) groups excluding carboxylic acids is 3. The first-order valence-corrected chi connectivity index (χ1v) is 9.49. The number of benzene rings is 1. The number of aryl methyl sites for hydroxylation is 1. The molecule has 0 saturated heterocycles. The highest BCUT2D eigenvalue weighted by molar-refractivity contribution is 5.98. The third kappa shape index (κ3) is 6.63. The third-order valence-corrected chi connectivity index (χ3v) is 4.47. The van der Waals surface area contributed by atoms with Crippen molar-refractivity contribution in [1.29, 1.82) is 0 Å². The summed E-state index contributed by atoms with van der Waals surface area (Å²) in [4.78, 5) is 36.0. The maximum atomic E-state index is 13.7. The monoisotopic (exact) mass is 457 g/mol. The van der Waals surface area contributed by atoms with Gasteiger partial charge in [0.05, 0.1) is 11.8 Å². The average molecular weight is 457 g/mol. The summed E-state index contributed by atoms with van der Waals surface area (Å²) < 4.78 is 29.0. The second kappa shape index (κ2) is 10.9. The topological polar surface area (TPSA) is 125 Å². The molecular weight excluding hydrogens is 436 g/mol. The number of halogens is 2. The fourth-order valence-electron chi connectivity index (χ4n) is 2.80. The van der Waals surface area contributed by atoms with Crippen molar-refractivity contribution < 1.29 is 28.4 Å². The SMILES string of the molecule is CC(=O)NC(C)(C(F)F)C(NC(=O)c1ccc(C#CC#Cc2cnn(C)c2)cc1)C(=O)NO. The molecule has 2 rings (SSSR count). The maximum Gasteiger partial charge on any atom is 0.268 e. The number of nitrogens with zero attached hydrogens (tertiary/aromatic N) is 2. The molecule has 0 aliphatic heterocycles. The first kappa shape index (κ1) is 25.0. The summed E-state index contributed by atoms with van der Waals surface area (Å²) in [5.74, 6) is 7.89. The Labute approximate surface area is 188 Å². The molecule has 4 N–H and O–H groups in total. The first-order valence-electron chi connectivity index (χ1n) is 9.49. The fraction of sp³-hybridized carbons (Fsp3) is 0.273. The zero-order chi connectivity index (χ0) is 24.6. The van der Waals surface area contributed by atoms with Gasteiger partial charge in [-0.15, -0.1) is 0 Å². The van der Waals surface area contributed by atoms with Crippen LogP contribution in [0.4, 0.5) is 8.78 Å². The summed E-state index contributed by atoms with van der Waals surface area (Å²) in [6, 6.07) is 3.80. The van der Waals surface area contributed by atoms with E-state index in [1.165, 1.54) is 29.7 Å². The summed E-state index contributed by atoms with van der Waals surface area (Å²) in [7, 11) is 1.76. The van der Waals surface area contributed by atoms with Gasteiger partial charge in [0.25, 0.3) is 18.2 Å². The summed E-state index contributed by atoms with van der Waals surface area (Å²) in [5.41, 5.74) is 0.0301. The minimum atomic E-state index is -3.24. The van der Waals surface area contributed by atoms with Crippen molar-refractivity contribution in [1.82, 2.24) is 25.9 Å². The van der Waals surface area contributed by atoms with Crippen molar-refractivity contribution in [3.05, 3.63) is 53.3 Å². The summed E-state index contributed by atoms with van der Waals surface area (Å²) in [6.07, 6.45) is 0.0868. The molecule has 3 amide bonds. The molecule has 0 aliphatic carbocycles. The number of amides is 3. The standard InChI is InChI=1S/C22H21F2N5O4/c1-14(30)27-22(2,21(23)24)18(20(32)28-33)26-19(31)17-10-8-15(9-11-17)6-4-5-7-16-12-25-29(3)13-16/h8-13,18,21,33H,1-3H3,(H,26,31)(H,27,30)(H,28,32). The number of hydrogen-bond donors (Lipinski definition) is 4. The molecule has 2 unspecified atom stereocenters. The number of nitrogens with one attached hydrogen (secondary N) is 3. The van der Waals surface area contributed by atoms with Gasteiger partial charge in [-0.05, 0) is 49.0 Å². The van der Waals surface area contributed by atoms with Gasteiger partial charge in [0.15, 0.2) is 0 Å². The van der Waals surface area contributed by atoms with Crippen molar-refractivity contribution in [2.75, 3.05) is 0 Å².